The van der Waals surface area contributed by atoms with Gasteiger partial charge >= 0.3 is 0 Å². The number of carbonyl (C=O) groups is 1. The smallest absolute Gasteiger partial charge is 0.222 e. The first-order valence-corrected chi connectivity index (χ1v) is 12.9. The fourth-order valence-corrected chi connectivity index (χ4v) is 6.51. The number of carbonyl (C=O) groups excluding carboxylic acids is 1. The predicted molar refractivity (Wildman–Crippen MR) is 134 cm³/mol. The number of benzene rings is 1. The Labute approximate surface area is 210 Å². The molecule has 0 saturated carbocycles. The van der Waals surface area contributed by atoms with Crippen molar-refractivity contribution in [3.8, 4) is 0 Å². The highest BCUT2D eigenvalue weighted by Gasteiger charge is 2.36. The first-order valence-electron chi connectivity index (χ1n) is 10.9. The Bertz CT molecular complexity index is 1050. The van der Waals surface area contributed by atoms with Gasteiger partial charge in [-0.05, 0) is 95.8 Å². The molecular weight excluding hydrogens is 558 g/mol. The molecule has 4 rings (SSSR count). The zero-order valence-corrected chi connectivity index (χ0v) is 21.9. The van der Waals surface area contributed by atoms with Crippen LogP contribution in [0, 0.1) is 5.92 Å². The fourth-order valence-electron chi connectivity index (χ4n) is 5.01. The second-order valence-electron chi connectivity index (χ2n) is 8.69. The summed E-state index contributed by atoms with van der Waals surface area (Å²) in [6.45, 7) is 3.21. The van der Waals surface area contributed by atoms with Gasteiger partial charge in [-0.25, -0.2) is 0 Å². The van der Waals surface area contributed by atoms with E-state index < -0.39 is 0 Å². The molecule has 2 heterocycles. The third-order valence-corrected chi connectivity index (χ3v) is 7.96. The van der Waals surface area contributed by atoms with E-state index in [2.05, 4.69) is 49.1 Å². The van der Waals surface area contributed by atoms with E-state index in [0.29, 0.717) is 24.5 Å². The van der Waals surface area contributed by atoms with Crippen molar-refractivity contribution < 1.29 is 10.0 Å². The highest BCUT2D eigenvalue weighted by molar-refractivity contribution is 9.10. The molecule has 1 fully saturated rings. The number of fused-ring (bicyclic) bond motifs is 2. The van der Waals surface area contributed by atoms with Crippen LogP contribution in [-0.2, 0) is 17.6 Å². The highest BCUT2D eigenvalue weighted by atomic mass is 79.9. The van der Waals surface area contributed by atoms with Gasteiger partial charge in [0.2, 0.25) is 5.91 Å². The molecular formula is C24H26Br2ClN3O2. The van der Waals surface area contributed by atoms with Crippen LogP contribution in [0.1, 0.15) is 60.9 Å². The standard InChI is InChI=1S/C24H26Br2ClN3O2/c1-14(29-32)2-5-21(31)30-8-6-15(7-9-30)23-22-16(11-19(27)12-20(22)26)3-4-17-10-18(25)13-28-24(17)23/h10-13,15,23,32H,2-9H2,1H3/b29-14-/t23-/m1/s1. The number of nitrogens with zero attached hydrogens (tertiary/aromatic N) is 3. The van der Waals surface area contributed by atoms with E-state index in [1.54, 1.807) is 6.92 Å². The quantitative estimate of drug-likeness (QED) is 0.259. The van der Waals surface area contributed by atoms with Gasteiger partial charge in [-0.3, -0.25) is 9.78 Å². The average Bonchev–Trinajstić information content (AvgIpc) is 2.94. The Balaban J connectivity index is 1.60. The molecule has 1 aromatic carbocycles. The van der Waals surface area contributed by atoms with Crippen LogP contribution in [0.4, 0.5) is 0 Å². The number of amides is 1. The molecule has 1 amide bonds. The van der Waals surface area contributed by atoms with Gasteiger partial charge in [-0.15, -0.1) is 0 Å². The molecule has 0 radical (unpaired) electrons. The fraction of sp³-hybridized carbons (Fsp3) is 0.458. The maximum absolute atomic E-state index is 12.6. The minimum Gasteiger partial charge on any atom is -0.411 e. The summed E-state index contributed by atoms with van der Waals surface area (Å²) < 4.78 is 2.04. The van der Waals surface area contributed by atoms with Crippen LogP contribution in [0.5, 0.6) is 0 Å². The van der Waals surface area contributed by atoms with Crippen LogP contribution in [0.25, 0.3) is 0 Å². The molecule has 0 bridgehead atoms. The lowest BCUT2D eigenvalue weighted by Gasteiger charge is -2.37. The molecule has 2 aromatic rings. The Morgan fingerprint density at radius 2 is 1.91 bits per heavy atom. The number of oxime groups is 1. The molecule has 1 saturated heterocycles. The van der Waals surface area contributed by atoms with Crippen LogP contribution in [0.15, 0.2) is 38.5 Å². The Hall–Kier alpha value is -1.44. The van der Waals surface area contributed by atoms with Crippen LogP contribution in [0.3, 0.4) is 0 Å². The van der Waals surface area contributed by atoms with Crippen molar-refractivity contribution in [3.63, 3.8) is 0 Å². The topological polar surface area (TPSA) is 65.8 Å². The number of rotatable bonds is 4. The number of hydrogen-bond acceptors (Lipinski definition) is 4. The minimum absolute atomic E-state index is 0.128. The Morgan fingerprint density at radius 3 is 2.62 bits per heavy atom. The number of hydrogen-bond donors (Lipinski definition) is 1. The van der Waals surface area contributed by atoms with Crippen molar-refractivity contribution in [3.05, 3.63) is 60.7 Å². The lowest BCUT2D eigenvalue weighted by atomic mass is 9.76. The second kappa shape index (κ2) is 10.2. The van der Waals surface area contributed by atoms with E-state index in [4.69, 9.17) is 21.8 Å². The highest BCUT2D eigenvalue weighted by Crippen LogP contribution is 2.46. The number of halogens is 3. The van der Waals surface area contributed by atoms with Crippen LogP contribution in [0.2, 0.25) is 5.02 Å². The van der Waals surface area contributed by atoms with E-state index in [1.165, 1.54) is 16.7 Å². The zero-order chi connectivity index (χ0) is 22.8. The first-order chi connectivity index (χ1) is 15.4. The zero-order valence-electron chi connectivity index (χ0n) is 18.0. The molecule has 5 nitrogen and oxygen atoms in total. The average molecular weight is 584 g/mol. The molecule has 8 heteroatoms. The van der Waals surface area contributed by atoms with Gasteiger partial charge in [0.15, 0.2) is 0 Å². The third kappa shape index (κ3) is 5.05. The van der Waals surface area contributed by atoms with E-state index >= 15 is 0 Å². The van der Waals surface area contributed by atoms with Gasteiger partial charge in [-0.1, -0.05) is 32.7 Å². The summed E-state index contributed by atoms with van der Waals surface area (Å²) in [5, 5.41) is 12.7. The van der Waals surface area contributed by atoms with E-state index in [0.717, 1.165) is 58.4 Å². The van der Waals surface area contributed by atoms with Crippen LogP contribution < -0.4 is 0 Å². The third-order valence-electron chi connectivity index (χ3n) is 6.65. The molecule has 0 unspecified atom stereocenters. The maximum atomic E-state index is 12.6. The summed E-state index contributed by atoms with van der Waals surface area (Å²) in [5.74, 6) is 0.688. The van der Waals surface area contributed by atoms with Gasteiger partial charge in [0.25, 0.3) is 0 Å². The second-order valence-corrected chi connectivity index (χ2v) is 10.9. The summed E-state index contributed by atoms with van der Waals surface area (Å²) in [6, 6.07) is 6.28. The molecule has 1 atom stereocenters. The number of aromatic nitrogens is 1. The molecule has 2 aliphatic rings. The maximum Gasteiger partial charge on any atom is 0.222 e. The van der Waals surface area contributed by atoms with Gasteiger partial charge < -0.3 is 10.1 Å². The lowest BCUT2D eigenvalue weighted by molar-refractivity contribution is -0.132. The summed E-state index contributed by atoms with van der Waals surface area (Å²) in [7, 11) is 0. The number of piperidine rings is 1. The van der Waals surface area contributed by atoms with Crippen LogP contribution in [-0.4, -0.2) is 39.8 Å². The van der Waals surface area contributed by atoms with Crippen molar-refractivity contribution >= 4 is 55.1 Å². The van der Waals surface area contributed by atoms with Gasteiger partial charge in [0, 0.05) is 45.6 Å². The summed E-state index contributed by atoms with van der Waals surface area (Å²) >= 11 is 13.8. The Morgan fingerprint density at radius 1 is 1.19 bits per heavy atom. The van der Waals surface area contributed by atoms with Crippen molar-refractivity contribution in [2.75, 3.05) is 13.1 Å². The molecule has 32 heavy (non-hydrogen) atoms. The van der Waals surface area contributed by atoms with Crippen molar-refractivity contribution in [1.82, 2.24) is 9.88 Å². The van der Waals surface area contributed by atoms with E-state index in [9.17, 15) is 4.79 Å². The summed E-state index contributed by atoms with van der Waals surface area (Å²) in [6.07, 6.45) is 6.48. The van der Waals surface area contributed by atoms with Crippen molar-refractivity contribution in [2.24, 2.45) is 11.1 Å². The number of likely N-dealkylation sites (tertiary alicyclic amines) is 1. The lowest BCUT2D eigenvalue weighted by Crippen LogP contribution is -2.40. The molecule has 0 spiro atoms. The van der Waals surface area contributed by atoms with Gasteiger partial charge in [0.05, 0.1) is 11.4 Å². The SMILES string of the molecule is C/C(CCC(=O)N1CCC([C@H]2c3ncc(Br)cc3CCc3cc(Cl)cc(Br)c32)CC1)=N/O. The van der Waals surface area contributed by atoms with E-state index in [-0.39, 0.29) is 11.8 Å². The van der Waals surface area contributed by atoms with E-state index in [1.807, 2.05) is 17.2 Å². The largest absolute Gasteiger partial charge is 0.411 e. The Kier molecular flexibility index (Phi) is 7.58. The van der Waals surface area contributed by atoms with Gasteiger partial charge in [0.1, 0.15) is 0 Å². The normalized spacial score (nSPS) is 19.3. The number of pyridine rings is 1. The summed E-state index contributed by atoms with van der Waals surface area (Å²) in [4.78, 5) is 19.5. The predicted octanol–water partition coefficient (Wildman–Crippen LogP) is 6.36. The molecule has 1 aliphatic carbocycles. The van der Waals surface area contributed by atoms with Crippen LogP contribution >= 0.6 is 43.5 Å². The molecule has 170 valence electrons. The molecule has 1 aliphatic heterocycles. The summed E-state index contributed by atoms with van der Waals surface area (Å²) in [5.41, 5.74) is 5.58. The van der Waals surface area contributed by atoms with Crippen molar-refractivity contribution in [1.29, 1.82) is 0 Å². The first kappa shape index (κ1) is 23.7. The monoisotopic (exact) mass is 581 g/mol. The minimum atomic E-state index is 0.128. The van der Waals surface area contributed by atoms with Crippen molar-refractivity contribution in [2.45, 2.75) is 51.4 Å². The van der Waals surface area contributed by atoms with Gasteiger partial charge in [-0.2, -0.15) is 0 Å². The number of aryl methyl sites for hydroxylation is 2. The molecule has 1 aromatic heterocycles. The molecule has 1 N–H and O–H groups in total.